The summed E-state index contributed by atoms with van der Waals surface area (Å²) in [5.41, 5.74) is 0.0107. The van der Waals surface area contributed by atoms with Gasteiger partial charge in [0.1, 0.15) is 5.82 Å². The van der Waals surface area contributed by atoms with Crippen LogP contribution in [0.5, 0.6) is 0 Å². The van der Waals surface area contributed by atoms with Crippen molar-refractivity contribution in [3.63, 3.8) is 0 Å². The molecule has 0 aromatic carbocycles. The van der Waals surface area contributed by atoms with Gasteiger partial charge in [-0.15, -0.1) is 0 Å². The van der Waals surface area contributed by atoms with Gasteiger partial charge in [0.25, 0.3) is 0 Å². The zero-order chi connectivity index (χ0) is 13.9. The lowest BCUT2D eigenvalue weighted by Gasteiger charge is -2.45. The van der Waals surface area contributed by atoms with E-state index in [0.29, 0.717) is 0 Å². The molecule has 2 heterocycles. The molecule has 0 saturated carbocycles. The van der Waals surface area contributed by atoms with Crippen LogP contribution in [0.1, 0.15) is 32.6 Å². The van der Waals surface area contributed by atoms with Gasteiger partial charge in [0, 0.05) is 37.6 Å². The Morgan fingerprint density at radius 2 is 2.11 bits per heavy atom. The van der Waals surface area contributed by atoms with Gasteiger partial charge >= 0.3 is 0 Å². The van der Waals surface area contributed by atoms with Crippen molar-refractivity contribution in [1.29, 1.82) is 0 Å². The van der Waals surface area contributed by atoms with Crippen LogP contribution in [-0.2, 0) is 11.3 Å². The fraction of sp³-hybridized carbons (Fsp3) is 0.786. The highest BCUT2D eigenvalue weighted by atomic mass is 16.5. The average molecular weight is 266 g/mol. The van der Waals surface area contributed by atoms with Gasteiger partial charge in [-0.2, -0.15) is 0 Å². The molecule has 5 nitrogen and oxygen atoms in total. The highest BCUT2D eigenvalue weighted by molar-refractivity contribution is 5.08. The number of hydrogen-bond acceptors (Lipinski definition) is 4. The third-order valence-corrected chi connectivity index (χ3v) is 4.17. The first-order valence-electron chi connectivity index (χ1n) is 7.12. The van der Waals surface area contributed by atoms with Crippen LogP contribution in [0.25, 0.3) is 0 Å². The number of aromatic nitrogens is 2. The minimum absolute atomic E-state index is 0.0107. The number of hydrogen-bond donors (Lipinski definition) is 1. The molecule has 19 heavy (non-hydrogen) atoms. The SMILES string of the molecule is CCn1ccnc1C(NC)C(C)(C)N1CCOCC1. The molecule has 1 aromatic heterocycles. The molecule has 1 aliphatic rings. The fourth-order valence-corrected chi connectivity index (χ4v) is 2.97. The lowest BCUT2D eigenvalue weighted by Crippen LogP contribution is -2.56. The monoisotopic (exact) mass is 266 g/mol. The van der Waals surface area contributed by atoms with Crippen LogP contribution in [0.2, 0.25) is 0 Å². The van der Waals surface area contributed by atoms with Crippen molar-refractivity contribution in [3.05, 3.63) is 18.2 Å². The van der Waals surface area contributed by atoms with E-state index in [0.717, 1.165) is 38.7 Å². The van der Waals surface area contributed by atoms with Crippen LogP contribution in [0, 0.1) is 0 Å². The molecule has 1 aromatic rings. The summed E-state index contributed by atoms with van der Waals surface area (Å²) in [6.07, 6.45) is 3.94. The Morgan fingerprint density at radius 3 is 2.68 bits per heavy atom. The quantitative estimate of drug-likeness (QED) is 0.871. The Kier molecular flexibility index (Phi) is 4.60. The summed E-state index contributed by atoms with van der Waals surface area (Å²) in [6, 6.07) is 0.209. The normalized spacial score (nSPS) is 19.6. The summed E-state index contributed by atoms with van der Waals surface area (Å²) in [6.45, 7) is 11.3. The summed E-state index contributed by atoms with van der Waals surface area (Å²) in [5, 5.41) is 3.45. The Bertz CT molecular complexity index is 396. The predicted molar refractivity (Wildman–Crippen MR) is 76.2 cm³/mol. The topological polar surface area (TPSA) is 42.3 Å². The van der Waals surface area contributed by atoms with Crippen LogP contribution in [0.4, 0.5) is 0 Å². The van der Waals surface area contributed by atoms with Crippen molar-refractivity contribution in [3.8, 4) is 0 Å². The molecule has 1 atom stereocenters. The van der Waals surface area contributed by atoms with E-state index >= 15 is 0 Å². The summed E-state index contributed by atoms with van der Waals surface area (Å²) in [5.74, 6) is 1.11. The van der Waals surface area contributed by atoms with Crippen molar-refractivity contribution < 1.29 is 4.74 Å². The highest BCUT2D eigenvalue weighted by Crippen LogP contribution is 2.30. The molecule has 0 amide bonds. The van der Waals surface area contributed by atoms with Crippen LogP contribution in [-0.4, -0.2) is 53.3 Å². The van der Waals surface area contributed by atoms with Gasteiger partial charge in [-0.25, -0.2) is 4.98 Å². The number of aryl methyl sites for hydroxylation is 1. The summed E-state index contributed by atoms with van der Waals surface area (Å²) >= 11 is 0. The molecular formula is C14H26N4O. The molecule has 0 bridgehead atoms. The van der Waals surface area contributed by atoms with Crippen LogP contribution >= 0.6 is 0 Å². The number of ether oxygens (including phenoxy) is 1. The van der Waals surface area contributed by atoms with Crippen LogP contribution in [0.3, 0.4) is 0 Å². The Morgan fingerprint density at radius 1 is 1.42 bits per heavy atom. The summed E-state index contributed by atoms with van der Waals surface area (Å²) in [7, 11) is 2.02. The maximum absolute atomic E-state index is 5.46. The fourth-order valence-electron chi connectivity index (χ4n) is 2.97. The number of morpholine rings is 1. The van der Waals surface area contributed by atoms with Gasteiger partial charge < -0.3 is 14.6 Å². The van der Waals surface area contributed by atoms with E-state index < -0.39 is 0 Å². The first-order valence-corrected chi connectivity index (χ1v) is 7.12. The molecule has 1 N–H and O–H groups in total. The van der Waals surface area contributed by atoms with Gasteiger partial charge in [-0.1, -0.05) is 0 Å². The Labute approximate surface area is 116 Å². The van der Waals surface area contributed by atoms with Crippen molar-refractivity contribution in [2.45, 2.75) is 38.9 Å². The lowest BCUT2D eigenvalue weighted by molar-refractivity contribution is -0.0243. The van der Waals surface area contributed by atoms with Gasteiger partial charge in [0.2, 0.25) is 0 Å². The van der Waals surface area contributed by atoms with E-state index in [2.05, 4.69) is 46.7 Å². The molecule has 1 saturated heterocycles. The number of nitrogens with one attached hydrogen (secondary N) is 1. The van der Waals surface area contributed by atoms with Crippen molar-refractivity contribution in [1.82, 2.24) is 19.8 Å². The van der Waals surface area contributed by atoms with E-state index in [-0.39, 0.29) is 11.6 Å². The van der Waals surface area contributed by atoms with Gasteiger partial charge in [0.15, 0.2) is 0 Å². The third-order valence-electron chi connectivity index (χ3n) is 4.17. The lowest BCUT2D eigenvalue weighted by atomic mass is 9.91. The maximum Gasteiger partial charge on any atom is 0.127 e. The van der Waals surface area contributed by atoms with Crippen molar-refractivity contribution >= 4 is 0 Å². The van der Waals surface area contributed by atoms with Crippen molar-refractivity contribution in [2.75, 3.05) is 33.4 Å². The second-order valence-corrected chi connectivity index (χ2v) is 5.55. The number of likely N-dealkylation sites (N-methyl/N-ethyl adjacent to an activating group) is 1. The average Bonchev–Trinajstić information content (AvgIpc) is 2.88. The minimum atomic E-state index is 0.0107. The molecular weight excluding hydrogens is 240 g/mol. The summed E-state index contributed by atoms with van der Waals surface area (Å²) in [4.78, 5) is 7.05. The smallest absolute Gasteiger partial charge is 0.127 e. The van der Waals surface area contributed by atoms with E-state index in [1.54, 1.807) is 0 Å². The minimum Gasteiger partial charge on any atom is -0.379 e. The second-order valence-electron chi connectivity index (χ2n) is 5.55. The van der Waals surface area contributed by atoms with Gasteiger partial charge in [-0.3, -0.25) is 4.90 Å². The predicted octanol–water partition coefficient (Wildman–Crippen LogP) is 1.27. The maximum atomic E-state index is 5.46. The Hall–Kier alpha value is -0.910. The molecule has 2 rings (SSSR count). The molecule has 1 fully saturated rings. The number of rotatable bonds is 5. The number of nitrogens with zero attached hydrogens (tertiary/aromatic N) is 3. The Balaban J connectivity index is 2.24. The first-order chi connectivity index (χ1) is 9.11. The molecule has 108 valence electrons. The van der Waals surface area contributed by atoms with E-state index in [4.69, 9.17) is 4.74 Å². The van der Waals surface area contributed by atoms with E-state index in [1.807, 2.05) is 13.2 Å². The van der Waals surface area contributed by atoms with E-state index in [9.17, 15) is 0 Å². The zero-order valence-electron chi connectivity index (χ0n) is 12.5. The molecule has 0 aliphatic carbocycles. The van der Waals surface area contributed by atoms with Gasteiger partial charge in [0.05, 0.1) is 19.3 Å². The summed E-state index contributed by atoms with van der Waals surface area (Å²) < 4.78 is 7.67. The molecule has 1 aliphatic heterocycles. The zero-order valence-corrected chi connectivity index (χ0v) is 12.5. The second kappa shape index (κ2) is 6.03. The standard InChI is InChI=1S/C14H26N4O/c1-5-17-7-6-16-13(17)12(15-4)14(2,3)18-8-10-19-11-9-18/h6-7,12,15H,5,8-11H2,1-4H3. The molecule has 1 unspecified atom stereocenters. The van der Waals surface area contributed by atoms with Gasteiger partial charge in [-0.05, 0) is 27.8 Å². The first kappa shape index (κ1) is 14.5. The molecule has 0 radical (unpaired) electrons. The molecule has 0 spiro atoms. The van der Waals surface area contributed by atoms with Crippen LogP contribution < -0.4 is 5.32 Å². The highest BCUT2D eigenvalue weighted by Gasteiger charge is 2.38. The van der Waals surface area contributed by atoms with Crippen LogP contribution in [0.15, 0.2) is 12.4 Å². The van der Waals surface area contributed by atoms with E-state index in [1.165, 1.54) is 0 Å². The largest absolute Gasteiger partial charge is 0.379 e. The number of imidazole rings is 1. The third kappa shape index (κ3) is 2.83. The molecule has 5 heteroatoms. The van der Waals surface area contributed by atoms with Crippen molar-refractivity contribution in [2.24, 2.45) is 0 Å².